The molecule has 0 spiro atoms. The van der Waals surface area contributed by atoms with Crippen LogP contribution >= 0.6 is 11.8 Å². The molecule has 1 aliphatic heterocycles. The molecule has 3 amide bonds. The first-order chi connectivity index (χ1) is 11.1. The number of rotatable bonds is 4. The molecule has 1 fully saturated rings. The molecule has 23 heavy (non-hydrogen) atoms. The molecule has 5 nitrogen and oxygen atoms in total. The maximum atomic E-state index is 13.5. The second kappa shape index (κ2) is 8.76. The van der Waals surface area contributed by atoms with Gasteiger partial charge in [-0.3, -0.25) is 4.79 Å². The number of nitrogens with zero attached hydrogens (tertiary/aromatic N) is 1. The summed E-state index contributed by atoms with van der Waals surface area (Å²) in [6.45, 7) is 4.24. The fraction of sp³-hybridized carbons (Fsp3) is 0.500. The number of thioether (sulfide) groups is 1. The van der Waals surface area contributed by atoms with Gasteiger partial charge in [0.15, 0.2) is 0 Å². The summed E-state index contributed by atoms with van der Waals surface area (Å²) in [5, 5.41) is 5.96. The lowest BCUT2D eigenvalue weighted by Gasteiger charge is -2.20. The van der Waals surface area contributed by atoms with E-state index in [1.165, 1.54) is 18.2 Å². The zero-order chi connectivity index (χ0) is 16.7. The Kier molecular flexibility index (Phi) is 6.70. The third-order valence-electron chi connectivity index (χ3n) is 3.66. The van der Waals surface area contributed by atoms with E-state index in [4.69, 9.17) is 0 Å². The smallest absolute Gasteiger partial charge is 0.317 e. The molecule has 0 saturated carbocycles. The van der Waals surface area contributed by atoms with Crippen LogP contribution in [0.2, 0.25) is 0 Å². The number of carbonyl (C=O) groups is 2. The molecule has 126 valence electrons. The maximum absolute atomic E-state index is 13.5. The predicted molar refractivity (Wildman–Crippen MR) is 90.2 cm³/mol. The van der Waals surface area contributed by atoms with E-state index in [-0.39, 0.29) is 18.1 Å². The van der Waals surface area contributed by atoms with Gasteiger partial charge in [0, 0.05) is 37.2 Å². The molecule has 1 atom stereocenters. The van der Waals surface area contributed by atoms with Crippen LogP contribution < -0.4 is 10.6 Å². The summed E-state index contributed by atoms with van der Waals surface area (Å²) in [6, 6.07) is 5.71. The lowest BCUT2D eigenvalue weighted by atomic mass is 10.2. The second-order valence-corrected chi connectivity index (χ2v) is 6.97. The van der Waals surface area contributed by atoms with Crippen molar-refractivity contribution < 1.29 is 14.0 Å². The quantitative estimate of drug-likeness (QED) is 0.826. The Balaban J connectivity index is 1.69. The normalized spacial score (nSPS) is 18.2. The van der Waals surface area contributed by atoms with E-state index < -0.39 is 11.7 Å². The maximum Gasteiger partial charge on any atom is 0.317 e. The van der Waals surface area contributed by atoms with Crippen LogP contribution in [0.1, 0.15) is 23.7 Å². The Hall–Kier alpha value is -1.76. The molecular weight excluding hydrogens is 317 g/mol. The summed E-state index contributed by atoms with van der Waals surface area (Å²) in [5.74, 6) is -0.0823. The lowest BCUT2D eigenvalue weighted by molar-refractivity contribution is 0.0949. The number of carbonyl (C=O) groups excluding carboxylic acids is 2. The minimum Gasteiger partial charge on any atom is -0.350 e. The van der Waals surface area contributed by atoms with Gasteiger partial charge in [-0.2, -0.15) is 11.8 Å². The van der Waals surface area contributed by atoms with Crippen molar-refractivity contribution in [3.05, 3.63) is 35.6 Å². The van der Waals surface area contributed by atoms with Crippen LogP contribution in [0.4, 0.5) is 9.18 Å². The number of hydrogen-bond acceptors (Lipinski definition) is 3. The summed E-state index contributed by atoms with van der Waals surface area (Å²) in [7, 11) is 0. The molecule has 7 heteroatoms. The SMILES string of the molecule is CC1CCN(C(=O)NCCNC(=O)c2ccccc2F)CCS1. The van der Waals surface area contributed by atoms with Crippen molar-refractivity contribution in [3.8, 4) is 0 Å². The third-order valence-corrected chi connectivity index (χ3v) is 4.88. The highest BCUT2D eigenvalue weighted by Crippen LogP contribution is 2.18. The number of nitrogens with one attached hydrogen (secondary N) is 2. The Labute approximate surface area is 140 Å². The fourth-order valence-electron chi connectivity index (χ4n) is 2.30. The van der Waals surface area contributed by atoms with Gasteiger partial charge in [-0.1, -0.05) is 19.1 Å². The molecular formula is C16H22FN3O2S. The molecule has 1 aromatic carbocycles. The van der Waals surface area contributed by atoms with Crippen LogP contribution in [-0.2, 0) is 0 Å². The summed E-state index contributed by atoms with van der Waals surface area (Å²) >= 11 is 1.88. The van der Waals surface area contributed by atoms with Gasteiger partial charge in [-0.05, 0) is 18.6 Å². The van der Waals surface area contributed by atoms with E-state index in [1.807, 2.05) is 11.8 Å². The first-order valence-electron chi connectivity index (χ1n) is 7.75. The Morgan fingerprint density at radius 1 is 1.26 bits per heavy atom. The van der Waals surface area contributed by atoms with Crippen LogP contribution in [0, 0.1) is 5.82 Å². The van der Waals surface area contributed by atoms with Crippen molar-refractivity contribution >= 4 is 23.7 Å². The molecule has 2 N–H and O–H groups in total. The van der Waals surface area contributed by atoms with E-state index in [0.717, 1.165) is 25.3 Å². The molecule has 1 unspecified atom stereocenters. The molecule has 1 aliphatic rings. The van der Waals surface area contributed by atoms with Crippen LogP contribution in [0.25, 0.3) is 0 Å². The van der Waals surface area contributed by atoms with E-state index in [9.17, 15) is 14.0 Å². The fourth-order valence-corrected chi connectivity index (χ4v) is 3.30. The van der Waals surface area contributed by atoms with Gasteiger partial charge >= 0.3 is 6.03 Å². The number of urea groups is 1. The largest absolute Gasteiger partial charge is 0.350 e. The highest BCUT2D eigenvalue weighted by Gasteiger charge is 2.18. The molecule has 1 heterocycles. The van der Waals surface area contributed by atoms with Crippen molar-refractivity contribution in [2.45, 2.75) is 18.6 Å². The van der Waals surface area contributed by atoms with E-state index >= 15 is 0 Å². The summed E-state index contributed by atoms with van der Waals surface area (Å²) in [5.41, 5.74) is 0.0114. The first kappa shape index (κ1) is 17.6. The molecule has 2 rings (SSSR count). The summed E-state index contributed by atoms with van der Waals surface area (Å²) < 4.78 is 13.5. The van der Waals surface area contributed by atoms with Crippen molar-refractivity contribution in [2.75, 3.05) is 31.9 Å². The highest BCUT2D eigenvalue weighted by molar-refractivity contribution is 7.99. The minimum absolute atomic E-state index is 0.0114. The summed E-state index contributed by atoms with van der Waals surface area (Å²) in [4.78, 5) is 25.7. The van der Waals surface area contributed by atoms with Crippen LogP contribution in [0.15, 0.2) is 24.3 Å². The average Bonchev–Trinajstić information content (AvgIpc) is 2.76. The standard InChI is InChI=1S/C16H22FN3O2S/c1-12-6-9-20(10-11-23-12)16(22)19-8-7-18-15(21)13-4-2-3-5-14(13)17/h2-5,12H,6-11H2,1H3,(H,18,21)(H,19,22). The van der Waals surface area contributed by atoms with Gasteiger partial charge in [0.25, 0.3) is 5.91 Å². The molecule has 0 radical (unpaired) electrons. The van der Waals surface area contributed by atoms with Crippen LogP contribution in [-0.4, -0.2) is 54.0 Å². The van der Waals surface area contributed by atoms with E-state index in [0.29, 0.717) is 11.8 Å². The Morgan fingerprint density at radius 2 is 2.00 bits per heavy atom. The van der Waals surface area contributed by atoms with Crippen molar-refractivity contribution in [2.24, 2.45) is 0 Å². The van der Waals surface area contributed by atoms with E-state index in [2.05, 4.69) is 17.6 Å². The third kappa shape index (κ3) is 5.42. The van der Waals surface area contributed by atoms with Crippen LogP contribution in [0.5, 0.6) is 0 Å². The number of amides is 3. The number of benzene rings is 1. The van der Waals surface area contributed by atoms with Gasteiger partial charge in [0.2, 0.25) is 0 Å². The van der Waals surface area contributed by atoms with Gasteiger partial charge in [0.1, 0.15) is 5.82 Å². The van der Waals surface area contributed by atoms with E-state index in [1.54, 1.807) is 11.0 Å². The molecule has 1 saturated heterocycles. The predicted octanol–water partition coefficient (Wildman–Crippen LogP) is 2.09. The van der Waals surface area contributed by atoms with Crippen molar-refractivity contribution in [3.63, 3.8) is 0 Å². The molecule has 0 aliphatic carbocycles. The highest BCUT2D eigenvalue weighted by atomic mass is 32.2. The van der Waals surface area contributed by atoms with Crippen molar-refractivity contribution in [1.82, 2.24) is 15.5 Å². The molecule has 0 bridgehead atoms. The monoisotopic (exact) mass is 339 g/mol. The lowest BCUT2D eigenvalue weighted by Crippen LogP contribution is -2.44. The molecule has 1 aromatic rings. The average molecular weight is 339 g/mol. The number of halogens is 1. The van der Waals surface area contributed by atoms with Gasteiger partial charge < -0.3 is 15.5 Å². The summed E-state index contributed by atoms with van der Waals surface area (Å²) in [6.07, 6.45) is 0.988. The Morgan fingerprint density at radius 3 is 2.78 bits per heavy atom. The zero-order valence-corrected chi connectivity index (χ0v) is 14.0. The van der Waals surface area contributed by atoms with Crippen molar-refractivity contribution in [1.29, 1.82) is 0 Å². The zero-order valence-electron chi connectivity index (χ0n) is 13.2. The molecule has 0 aromatic heterocycles. The minimum atomic E-state index is -0.551. The van der Waals surface area contributed by atoms with Gasteiger partial charge in [0.05, 0.1) is 5.56 Å². The van der Waals surface area contributed by atoms with Gasteiger partial charge in [-0.25, -0.2) is 9.18 Å². The first-order valence-corrected chi connectivity index (χ1v) is 8.80. The second-order valence-electron chi connectivity index (χ2n) is 5.42. The van der Waals surface area contributed by atoms with Gasteiger partial charge in [-0.15, -0.1) is 0 Å². The van der Waals surface area contributed by atoms with Crippen LogP contribution in [0.3, 0.4) is 0 Å². The topological polar surface area (TPSA) is 61.4 Å². The Bertz CT molecular complexity index is 556. The number of hydrogen-bond donors (Lipinski definition) is 2.